The van der Waals surface area contributed by atoms with Crippen molar-refractivity contribution in [1.82, 2.24) is 15.0 Å². The van der Waals surface area contributed by atoms with Crippen molar-refractivity contribution in [2.75, 3.05) is 17.2 Å². The fourth-order valence-corrected chi connectivity index (χ4v) is 3.72. The molecule has 7 nitrogen and oxygen atoms in total. The van der Waals surface area contributed by atoms with Gasteiger partial charge >= 0.3 is 0 Å². The number of anilines is 2. The van der Waals surface area contributed by atoms with Gasteiger partial charge in [-0.2, -0.15) is 10.2 Å². The van der Waals surface area contributed by atoms with Crippen LogP contribution in [0.2, 0.25) is 0 Å². The van der Waals surface area contributed by atoms with Gasteiger partial charge in [0.05, 0.1) is 12.3 Å². The van der Waals surface area contributed by atoms with Gasteiger partial charge in [0.1, 0.15) is 17.5 Å². The monoisotopic (exact) mass is 376 g/mol. The highest BCUT2D eigenvalue weighted by Gasteiger charge is 2.20. The molecule has 1 fully saturated rings. The Kier molecular flexibility index (Phi) is 5.40. The van der Waals surface area contributed by atoms with Gasteiger partial charge in [0.15, 0.2) is 0 Å². The molecule has 2 heterocycles. The predicted octanol–water partition coefficient (Wildman–Crippen LogP) is 3.20. The smallest absolute Gasteiger partial charge is 0.224 e. The first-order valence-electron chi connectivity index (χ1n) is 9.73. The average Bonchev–Trinajstić information content (AvgIpc) is 3.13. The van der Waals surface area contributed by atoms with E-state index < -0.39 is 0 Å². The van der Waals surface area contributed by atoms with E-state index >= 15 is 0 Å². The van der Waals surface area contributed by atoms with Crippen molar-refractivity contribution in [3.63, 3.8) is 0 Å². The number of fused-ring (bicyclic) bond motifs is 1. The van der Waals surface area contributed by atoms with Crippen LogP contribution in [0.1, 0.15) is 36.8 Å². The molecule has 4 rings (SSSR count). The molecule has 0 bridgehead atoms. The van der Waals surface area contributed by atoms with E-state index in [9.17, 15) is 10.4 Å². The van der Waals surface area contributed by atoms with Gasteiger partial charge in [-0.25, -0.2) is 4.98 Å². The van der Waals surface area contributed by atoms with E-state index in [0.29, 0.717) is 23.9 Å². The van der Waals surface area contributed by atoms with Crippen molar-refractivity contribution in [1.29, 1.82) is 5.26 Å². The highest BCUT2D eigenvalue weighted by Crippen LogP contribution is 2.23. The molecule has 3 aromatic rings. The summed E-state index contributed by atoms with van der Waals surface area (Å²) in [7, 11) is 0. The fraction of sp³-hybridized carbons (Fsp3) is 0.381. The lowest BCUT2D eigenvalue weighted by molar-refractivity contribution is 0.126. The normalized spacial score (nSPS) is 19.3. The number of rotatable bonds is 6. The molecule has 1 saturated carbocycles. The standard InChI is InChI=1S/C21H24N6O/c22-11-15-13-25-21(27-20(15)26-16-5-7-17(28)8-6-16)23-10-9-14-12-24-19-4-2-1-3-18(14)19/h1-4,12-13,16-17,24,28H,5-10H2,(H2,23,25,26,27). The molecule has 0 spiro atoms. The Morgan fingerprint density at radius 1 is 1.21 bits per heavy atom. The molecule has 1 aliphatic rings. The maximum absolute atomic E-state index is 9.66. The summed E-state index contributed by atoms with van der Waals surface area (Å²) in [6.07, 6.45) is 7.54. The van der Waals surface area contributed by atoms with Crippen molar-refractivity contribution < 1.29 is 5.11 Å². The highest BCUT2D eigenvalue weighted by atomic mass is 16.3. The fourth-order valence-electron chi connectivity index (χ4n) is 3.72. The van der Waals surface area contributed by atoms with Crippen molar-refractivity contribution in [3.05, 3.63) is 47.8 Å². The first-order chi connectivity index (χ1) is 13.7. The Hall–Kier alpha value is -3.11. The van der Waals surface area contributed by atoms with Crippen molar-refractivity contribution in [2.24, 2.45) is 0 Å². The van der Waals surface area contributed by atoms with E-state index in [1.54, 1.807) is 6.20 Å². The highest BCUT2D eigenvalue weighted by molar-refractivity contribution is 5.83. The van der Waals surface area contributed by atoms with E-state index in [1.807, 2.05) is 18.3 Å². The van der Waals surface area contributed by atoms with Crippen LogP contribution in [-0.4, -0.2) is 38.7 Å². The van der Waals surface area contributed by atoms with E-state index in [4.69, 9.17) is 0 Å². The topological polar surface area (TPSA) is 110 Å². The van der Waals surface area contributed by atoms with Gasteiger partial charge in [0, 0.05) is 29.7 Å². The second-order valence-electron chi connectivity index (χ2n) is 7.25. The molecule has 4 N–H and O–H groups in total. The van der Waals surface area contributed by atoms with Crippen LogP contribution >= 0.6 is 0 Å². The zero-order valence-corrected chi connectivity index (χ0v) is 15.7. The Bertz CT molecular complexity index is 984. The molecule has 0 saturated heterocycles. The third-order valence-electron chi connectivity index (χ3n) is 5.30. The minimum atomic E-state index is -0.208. The van der Waals surface area contributed by atoms with Gasteiger partial charge in [-0.15, -0.1) is 0 Å². The van der Waals surface area contributed by atoms with Crippen molar-refractivity contribution in [3.8, 4) is 6.07 Å². The predicted molar refractivity (Wildman–Crippen MR) is 109 cm³/mol. The van der Waals surface area contributed by atoms with Crippen LogP contribution in [0.5, 0.6) is 0 Å². The number of para-hydroxylation sites is 1. The zero-order chi connectivity index (χ0) is 19.3. The summed E-state index contributed by atoms with van der Waals surface area (Å²) in [6.45, 7) is 0.697. The number of H-pyrrole nitrogens is 1. The summed E-state index contributed by atoms with van der Waals surface area (Å²) >= 11 is 0. The number of nitrogens with one attached hydrogen (secondary N) is 3. The van der Waals surface area contributed by atoms with Crippen LogP contribution in [-0.2, 0) is 6.42 Å². The molecule has 2 aromatic heterocycles. The summed E-state index contributed by atoms with van der Waals surface area (Å²) < 4.78 is 0. The largest absolute Gasteiger partial charge is 0.393 e. The molecule has 1 aliphatic carbocycles. The Labute approximate surface area is 163 Å². The molecule has 0 unspecified atom stereocenters. The molecular weight excluding hydrogens is 352 g/mol. The van der Waals surface area contributed by atoms with Crippen LogP contribution in [0.25, 0.3) is 10.9 Å². The molecule has 0 aliphatic heterocycles. The van der Waals surface area contributed by atoms with Crippen LogP contribution in [0.15, 0.2) is 36.7 Å². The zero-order valence-electron chi connectivity index (χ0n) is 15.7. The minimum absolute atomic E-state index is 0.208. The van der Waals surface area contributed by atoms with Gasteiger partial charge in [0.25, 0.3) is 0 Å². The molecule has 7 heteroatoms. The van der Waals surface area contributed by atoms with Crippen LogP contribution in [0.4, 0.5) is 11.8 Å². The lowest BCUT2D eigenvalue weighted by atomic mass is 9.93. The number of aromatic nitrogens is 3. The summed E-state index contributed by atoms with van der Waals surface area (Å²) in [6, 6.07) is 10.6. The van der Waals surface area contributed by atoms with Crippen molar-refractivity contribution in [2.45, 2.75) is 44.2 Å². The number of hydrogen-bond donors (Lipinski definition) is 4. The second kappa shape index (κ2) is 8.28. The summed E-state index contributed by atoms with van der Waals surface area (Å²) in [4.78, 5) is 12.1. The first-order valence-corrected chi connectivity index (χ1v) is 9.73. The van der Waals surface area contributed by atoms with Gasteiger partial charge in [-0.05, 0) is 43.7 Å². The number of nitrogens with zero attached hydrogens (tertiary/aromatic N) is 3. The molecular formula is C21H24N6O. The second-order valence-corrected chi connectivity index (χ2v) is 7.25. The van der Waals surface area contributed by atoms with Gasteiger partial charge in [0.2, 0.25) is 5.95 Å². The van der Waals surface area contributed by atoms with Crippen LogP contribution in [0.3, 0.4) is 0 Å². The molecule has 0 atom stereocenters. The van der Waals surface area contributed by atoms with E-state index in [-0.39, 0.29) is 12.1 Å². The minimum Gasteiger partial charge on any atom is -0.393 e. The summed E-state index contributed by atoms with van der Waals surface area (Å²) in [5, 5.41) is 26.9. The number of nitriles is 1. The lowest BCUT2D eigenvalue weighted by Crippen LogP contribution is -2.29. The van der Waals surface area contributed by atoms with E-state index in [2.05, 4.69) is 43.8 Å². The van der Waals surface area contributed by atoms with Crippen LogP contribution < -0.4 is 10.6 Å². The van der Waals surface area contributed by atoms with E-state index in [1.165, 1.54) is 10.9 Å². The number of aliphatic hydroxyl groups excluding tert-OH is 1. The Morgan fingerprint density at radius 3 is 2.86 bits per heavy atom. The SMILES string of the molecule is N#Cc1cnc(NCCc2c[nH]c3ccccc23)nc1NC1CCC(O)CC1. The molecule has 144 valence electrons. The molecule has 0 amide bonds. The summed E-state index contributed by atoms with van der Waals surface area (Å²) in [5.74, 6) is 1.07. The third kappa shape index (κ3) is 4.07. The van der Waals surface area contributed by atoms with Gasteiger partial charge in [-0.1, -0.05) is 18.2 Å². The quantitative estimate of drug-likeness (QED) is 0.526. The molecule has 28 heavy (non-hydrogen) atoms. The van der Waals surface area contributed by atoms with Gasteiger partial charge < -0.3 is 20.7 Å². The van der Waals surface area contributed by atoms with Crippen molar-refractivity contribution >= 4 is 22.7 Å². The number of aromatic amines is 1. The Morgan fingerprint density at radius 2 is 2.04 bits per heavy atom. The number of aliphatic hydroxyl groups is 1. The third-order valence-corrected chi connectivity index (χ3v) is 5.30. The molecule has 0 radical (unpaired) electrons. The van der Waals surface area contributed by atoms with E-state index in [0.717, 1.165) is 37.6 Å². The van der Waals surface area contributed by atoms with Crippen LogP contribution in [0, 0.1) is 11.3 Å². The first kappa shape index (κ1) is 18.3. The van der Waals surface area contributed by atoms with Gasteiger partial charge in [-0.3, -0.25) is 0 Å². The Balaban J connectivity index is 1.40. The molecule has 1 aromatic carbocycles. The average molecular weight is 376 g/mol. The number of benzene rings is 1. The number of hydrogen-bond acceptors (Lipinski definition) is 6. The lowest BCUT2D eigenvalue weighted by Gasteiger charge is -2.26. The summed E-state index contributed by atoms with van der Waals surface area (Å²) in [5.41, 5.74) is 2.82. The maximum atomic E-state index is 9.66. The maximum Gasteiger partial charge on any atom is 0.224 e.